The fourth-order valence-electron chi connectivity index (χ4n) is 2.75. The van der Waals surface area contributed by atoms with Crippen molar-refractivity contribution in [1.82, 2.24) is 19.1 Å². The van der Waals surface area contributed by atoms with Crippen molar-refractivity contribution in [3.63, 3.8) is 0 Å². The maximum absolute atomic E-state index is 4.61. The Kier molecular flexibility index (Phi) is 3.08. The van der Waals surface area contributed by atoms with E-state index in [1.165, 1.54) is 16.6 Å². The van der Waals surface area contributed by atoms with Crippen LogP contribution in [0, 0.1) is 6.92 Å². The Hall–Kier alpha value is -2.40. The summed E-state index contributed by atoms with van der Waals surface area (Å²) in [5.74, 6) is 2.05. The zero-order valence-electron chi connectivity index (χ0n) is 12.5. The summed E-state index contributed by atoms with van der Waals surface area (Å²) in [5.41, 5.74) is 4.63. The molecule has 110 valence electrons. The number of hydrogen-bond acceptors (Lipinski definition) is 3. The van der Waals surface area contributed by atoms with E-state index in [1.807, 2.05) is 19.3 Å². The molecule has 0 bridgehead atoms. The number of rotatable bonds is 3. The summed E-state index contributed by atoms with van der Waals surface area (Å²) in [5, 5.41) is 4.21. The second kappa shape index (κ2) is 5.10. The third kappa shape index (κ3) is 2.14. The Morgan fingerprint density at radius 1 is 1.23 bits per heavy atom. The van der Waals surface area contributed by atoms with Gasteiger partial charge in [0.15, 0.2) is 0 Å². The van der Waals surface area contributed by atoms with Gasteiger partial charge >= 0.3 is 0 Å². The lowest BCUT2D eigenvalue weighted by molar-refractivity contribution is 0.808. The van der Waals surface area contributed by atoms with Crippen molar-refractivity contribution in [2.75, 3.05) is 0 Å². The lowest BCUT2D eigenvalue weighted by Crippen LogP contribution is -2.00. The van der Waals surface area contributed by atoms with E-state index in [1.54, 1.807) is 11.3 Å². The molecule has 0 atom stereocenters. The van der Waals surface area contributed by atoms with Crippen LogP contribution in [0.15, 0.2) is 47.4 Å². The summed E-state index contributed by atoms with van der Waals surface area (Å²) in [7, 11) is 2.05. The van der Waals surface area contributed by atoms with Gasteiger partial charge in [-0.05, 0) is 36.1 Å². The van der Waals surface area contributed by atoms with Gasteiger partial charge < -0.3 is 9.13 Å². The third-order valence-electron chi connectivity index (χ3n) is 4.02. The Morgan fingerprint density at radius 3 is 2.95 bits per heavy atom. The number of hydrogen-bond donors (Lipinski definition) is 0. The number of aromatic nitrogens is 4. The molecule has 0 fully saturated rings. The molecule has 22 heavy (non-hydrogen) atoms. The van der Waals surface area contributed by atoms with Gasteiger partial charge in [-0.3, -0.25) is 0 Å². The van der Waals surface area contributed by atoms with Crippen LogP contribution in [0.2, 0.25) is 0 Å². The molecule has 0 saturated heterocycles. The number of nitrogens with zero attached hydrogens (tertiary/aromatic N) is 4. The topological polar surface area (TPSA) is 35.6 Å². The first kappa shape index (κ1) is 13.3. The van der Waals surface area contributed by atoms with Gasteiger partial charge in [0.1, 0.15) is 11.6 Å². The van der Waals surface area contributed by atoms with Crippen molar-refractivity contribution in [2.24, 2.45) is 7.05 Å². The van der Waals surface area contributed by atoms with Crippen LogP contribution in [0.25, 0.3) is 22.4 Å². The van der Waals surface area contributed by atoms with Crippen molar-refractivity contribution in [1.29, 1.82) is 0 Å². The average Bonchev–Trinajstić information content (AvgIpc) is 3.21. The Morgan fingerprint density at radius 2 is 2.14 bits per heavy atom. The zero-order valence-corrected chi connectivity index (χ0v) is 13.3. The van der Waals surface area contributed by atoms with Crippen LogP contribution in [0.5, 0.6) is 0 Å². The number of fused-ring (bicyclic) bond motifs is 1. The number of imidazole rings is 2. The highest BCUT2D eigenvalue weighted by atomic mass is 32.1. The van der Waals surface area contributed by atoms with Crippen molar-refractivity contribution >= 4 is 22.4 Å². The van der Waals surface area contributed by atoms with Crippen molar-refractivity contribution < 1.29 is 0 Å². The molecule has 5 heteroatoms. The number of benzene rings is 1. The smallest absolute Gasteiger partial charge is 0.141 e. The zero-order chi connectivity index (χ0) is 15.1. The highest BCUT2D eigenvalue weighted by Gasteiger charge is 2.09. The minimum atomic E-state index is 0.802. The molecule has 0 amide bonds. The summed E-state index contributed by atoms with van der Waals surface area (Å²) in [4.78, 5) is 9.10. The van der Waals surface area contributed by atoms with Gasteiger partial charge in [-0.2, -0.15) is 11.3 Å². The van der Waals surface area contributed by atoms with Crippen LogP contribution in [0.3, 0.4) is 0 Å². The third-order valence-corrected chi connectivity index (χ3v) is 4.70. The summed E-state index contributed by atoms with van der Waals surface area (Å²) in [6, 6.07) is 8.58. The molecular weight excluding hydrogens is 292 g/mol. The Bertz CT molecular complexity index is 931. The van der Waals surface area contributed by atoms with E-state index >= 15 is 0 Å². The second-order valence-corrected chi connectivity index (χ2v) is 6.21. The standard InChI is InChI=1S/C17H16N4S/c1-12-19-15-9-13(3-4-16(15)20(12)2)10-21-7-6-18-17(21)14-5-8-22-11-14/h3-9,11H,10H2,1-2H3. The summed E-state index contributed by atoms with van der Waals surface area (Å²) >= 11 is 1.69. The highest BCUT2D eigenvalue weighted by Crippen LogP contribution is 2.22. The second-order valence-electron chi connectivity index (χ2n) is 5.43. The van der Waals surface area contributed by atoms with Crippen molar-refractivity contribution in [3.8, 4) is 11.4 Å². The molecule has 1 aromatic carbocycles. The van der Waals surface area contributed by atoms with Gasteiger partial charge in [0.05, 0.1) is 11.0 Å². The quantitative estimate of drug-likeness (QED) is 0.576. The molecule has 0 radical (unpaired) electrons. The molecule has 4 nitrogen and oxygen atoms in total. The largest absolute Gasteiger partial charge is 0.331 e. The molecule has 4 rings (SSSR count). The predicted octanol–water partition coefficient (Wildman–Crippen LogP) is 3.86. The molecule has 0 aliphatic heterocycles. The van der Waals surface area contributed by atoms with Gasteiger partial charge in [0.2, 0.25) is 0 Å². The average molecular weight is 308 g/mol. The molecule has 0 aliphatic carbocycles. The van der Waals surface area contributed by atoms with E-state index in [0.29, 0.717) is 0 Å². The highest BCUT2D eigenvalue weighted by molar-refractivity contribution is 7.08. The van der Waals surface area contributed by atoms with E-state index < -0.39 is 0 Å². The summed E-state index contributed by atoms with van der Waals surface area (Å²) in [6.07, 6.45) is 3.89. The number of thiophene rings is 1. The number of aryl methyl sites for hydroxylation is 2. The van der Waals surface area contributed by atoms with Crippen LogP contribution in [0.4, 0.5) is 0 Å². The van der Waals surface area contributed by atoms with Crippen LogP contribution < -0.4 is 0 Å². The van der Waals surface area contributed by atoms with Gasteiger partial charge in [0.25, 0.3) is 0 Å². The molecule has 0 aliphatic rings. The molecular formula is C17H16N4S. The normalized spacial score (nSPS) is 11.4. The van der Waals surface area contributed by atoms with E-state index in [-0.39, 0.29) is 0 Å². The van der Waals surface area contributed by atoms with Crippen molar-refractivity contribution in [2.45, 2.75) is 13.5 Å². The SMILES string of the molecule is Cc1nc2cc(Cn3ccnc3-c3ccsc3)ccc2n1C. The van der Waals surface area contributed by atoms with E-state index in [9.17, 15) is 0 Å². The Labute approximate surface area is 132 Å². The van der Waals surface area contributed by atoms with Gasteiger partial charge in [0, 0.05) is 36.9 Å². The maximum atomic E-state index is 4.61. The first-order valence-corrected chi connectivity index (χ1v) is 8.12. The molecule has 4 aromatic rings. The lowest BCUT2D eigenvalue weighted by atomic mass is 10.2. The van der Waals surface area contributed by atoms with Crippen LogP contribution in [-0.4, -0.2) is 19.1 Å². The monoisotopic (exact) mass is 308 g/mol. The summed E-state index contributed by atoms with van der Waals surface area (Å²) in [6.45, 7) is 2.83. The van der Waals surface area contributed by atoms with Gasteiger partial charge in [-0.1, -0.05) is 6.07 Å². The van der Waals surface area contributed by atoms with Crippen LogP contribution >= 0.6 is 11.3 Å². The molecule has 0 saturated carbocycles. The fourth-order valence-corrected chi connectivity index (χ4v) is 3.38. The fraction of sp³-hybridized carbons (Fsp3) is 0.176. The van der Waals surface area contributed by atoms with E-state index in [0.717, 1.165) is 23.7 Å². The van der Waals surface area contributed by atoms with Crippen molar-refractivity contribution in [3.05, 3.63) is 58.8 Å². The minimum absolute atomic E-state index is 0.802. The maximum Gasteiger partial charge on any atom is 0.141 e. The lowest BCUT2D eigenvalue weighted by Gasteiger charge is -2.07. The molecule has 3 heterocycles. The minimum Gasteiger partial charge on any atom is -0.331 e. The van der Waals surface area contributed by atoms with Crippen LogP contribution in [-0.2, 0) is 13.6 Å². The Balaban J connectivity index is 1.71. The van der Waals surface area contributed by atoms with Gasteiger partial charge in [-0.25, -0.2) is 9.97 Å². The summed E-state index contributed by atoms with van der Waals surface area (Å²) < 4.78 is 4.30. The molecule has 0 spiro atoms. The van der Waals surface area contributed by atoms with Gasteiger partial charge in [-0.15, -0.1) is 0 Å². The first-order chi connectivity index (χ1) is 10.7. The van der Waals surface area contributed by atoms with Crippen LogP contribution in [0.1, 0.15) is 11.4 Å². The molecule has 3 aromatic heterocycles. The molecule has 0 N–H and O–H groups in total. The van der Waals surface area contributed by atoms with E-state index in [4.69, 9.17) is 0 Å². The van der Waals surface area contributed by atoms with E-state index in [2.05, 4.69) is 61.2 Å². The predicted molar refractivity (Wildman–Crippen MR) is 90.1 cm³/mol. The first-order valence-electron chi connectivity index (χ1n) is 7.18. The molecule has 0 unspecified atom stereocenters.